The summed E-state index contributed by atoms with van der Waals surface area (Å²) in [5.41, 5.74) is 14.1. The first kappa shape index (κ1) is 33.6. The lowest BCUT2D eigenvalue weighted by Gasteiger charge is -2.26. The smallest absolute Gasteiger partial charge is 0.0541 e. The minimum atomic E-state index is 1.09. The summed E-state index contributed by atoms with van der Waals surface area (Å²) < 4.78 is 2.37. The summed E-state index contributed by atoms with van der Waals surface area (Å²) in [5.74, 6) is 0. The summed E-state index contributed by atoms with van der Waals surface area (Å²) in [5, 5.41) is 7.53. The van der Waals surface area contributed by atoms with Gasteiger partial charge in [-0.1, -0.05) is 164 Å². The first-order chi connectivity index (χ1) is 28.8. The van der Waals surface area contributed by atoms with Crippen LogP contribution in [-0.4, -0.2) is 4.57 Å². The summed E-state index contributed by atoms with van der Waals surface area (Å²) in [6.07, 6.45) is 0. The molecule has 2 nitrogen and oxygen atoms in total. The maximum atomic E-state index is 2.37. The molecule has 272 valence electrons. The number of nitrogens with zero attached hydrogens (tertiary/aromatic N) is 2. The number of hydrogen-bond acceptors (Lipinski definition) is 1. The number of anilines is 3. The molecular formula is C56H38N2. The molecule has 2 heteroatoms. The van der Waals surface area contributed by atoms with E-state index in [1.54, 1.807) is 0 Å². The van der Waals surface area contributed by atoms with Gasteiger partial charge in [0.25, 0.3) is 0 Å². The van der Waals surface area contributed by atoms with E-state index in [9.17, 15) is 0 Å². The lowest BCUT2D eigenvalue weighted by molar-refractivity contribution is 1.17. The molecule has 0 radical (unpaired) electrons. The zero-order chi connectivity index (χ0) is 38.4. The molecule has 0 aliphatic rings. The van der Waals surface area contributed by atoms with Crippen molar-refractivity contribution in [2.45, 2.75) is 0 Å². The summed E-state index contributed by atoms with van der Waals surface area (Å²) >= 11 is 0. The van der Waals surface area contributed by atoms with Crippen molar-refractivity contribution in [1.82, 2.24) is 4.57 Å². The van der Waals surface area contributed by atoms with Crippen LogP contribution in [0.15, 0.2) is 231 Å². The van der Waals surface area contributed by atoms with E-state index < -0.39 is 0 Å². The fourth-order valence-corrected chi connectivity index (χ4v) is 8.78. The molecule has 0 atom stereocenters. The number of para-hydroxylation sites is 2. The average molecular weight is 739 g/mol. The van der Waals surface area contributed by atoms with Gasteiger partial charge in [0.2, 0.25) is 0 Å². The number of fused-ring (bicyclic) bond motifs is 5. The number of rotatable bonds is 7. The molecule has 58 heavy (non-hydrogen) atoms. The zero-order valence-electron chi connectivity index (χ0n) is 31.8. The van der Waals surface area contributed by atoms with E-state index >= 15 is 0 Å². The number of aromatic nitrogens is 1. The Balaban J connectivity index is 1.00. The molecule has 11 rings (SSSR count). The third-order valence-corrected chi connectivity index (χ3v) is 11.6. The van der Waals surface area contributed by atoms with Crippen molar-refractivity contribution in [2.75, 3.05) is 4.90 Å². The summed E-state index contributed by atoms with van der Waals surface area (Å²) in [6, 6.07) is 83.6. The molecule has 0 unspecified atom stereocenters. The van der Waals surface area contributed by atoms with Crippen molar-refractivity contribution in [2.24, 2.45) is 0 Å². The highest BCUT2D eigenvalue weighted by molar-refractivity contribution is 6.09. The number of benzene rings is 10. The highest BCUT2D eigenvalue weighted by Gasteiger charge is 2.17. The van der Waals surface area contributed by atoms with Crippen LogP contribution < -0.4 is 4.90 Å². The van der Waals surface area contributed by atoms with Gasteiger partial charge in [-0.05, 0) is 122 Å². The Morgan fingerprint density at radius 2 is 0.707 bits per heavy atom. The molecule has 10 aromatic carbocycles. The van der Waals surface area contributed by atoms with Crippen LogP contribution in [0.4, 0.5) is 17.1 Å². The standard InChI is InChI=1S/C56H38N2/c1-2-13-41(14-3-1)49-36-37-50(52-17-7-6-16-51(49)52)42-26-30-46(31-27-42)57(45-28-24-40(25-29-45)44-23-22-39-12-4-5-15-43(39)38-44)47-32-34-48(35-33-47)58-55-20-10-8-18-53(55)54-19-9-11-21-56(54)58/h1-38H. The minimum Gasteiger partial charge on any atom is -0.311 e. The van der Waals surface area contributed by atoms with Crippen LogP contribution in [0.25, 0.3) is 82.4 Å². The van der Waals surface area contributed by atoms with E-state index in [2.05, 4.69) is 240 Å². The van der Waals surface area contributed by atoms with Gasteiger partial charge in [-0.3, -0.25) is 0 Å². The molecule has 0 bridgehead atoms. The van der Waals surface area contributed by atoms with Crippen LogP contribution in [0.1, 0.15) is 0 Å². The van der Waals surface area contributed by atoms with E-state index in [0.29, 0.717) is 0 Å². The van der Waals surface area contributed by atoms with Gasteiger partial charge in [0, 0.05) is 33.5 Å². The van der Waals surface area contributed by atoms with Crippen LogP contribution in [-0.2, 0) is 0 Å². The second-order valence-corrected chi connectivity index (χ2v) is 14.9. The van der Waals surface area contributed by atoms with E-state index in [1.165, 1.54) is 76.7 Å². The van der Waals surface area contributed by atoms with Crippen molar-refractivity contribution in [1.29, 1.82) is 0 Å². The highest BCUT2D eigenvalue weighted by Crippen LogP contribution is 2.40. The van der Waals surface area contributed by atoms with Gasteiger partial charge >= 0.3 is 0 Å². The van der Waals surface area contributed by atoms with E-state index in [1.807, 2.05) is 0 Å². The Bertz CT molecular complexity index is 3200. The van der Waals surface area contributed by atoms with Crippen LogP contribution in [0.5, 0.6) is 0 Å². The quantitative estimate of drug-likeness (QED) is 0.158. The van der Waals surface area contributed by atoms with E-state index in [4.69, 9.17) is 0 Å². The number of hydrogen-bond donors (Lipinski definition) is 0. The largest absolute Gasteiger partial charge is 0.311 e. The van der Waals surface area contributed by atoms with Gasteiger partial charge in [-0.2, -0.15) is 0 Å². The SMILES string of the molecule is c1ccc(-c2ccc(-c3ccc(N(c4ccc(-c5ccc6ccccc6c5)cc4)c4ccc(-n5c6ccccc6c6ccccc65)cc4)cc3)c3ccccc23)cc1. The lowest BCUT2D eigenvalue weighted by Crippen LogP contribution is -2.10. The fraction of sp³-hybridized carbons (Fsp3) is 0. The summed E-state index contributed by atoms with van der Waals surface area (Å²) in [7, 11) is 0. The fourth-order valence-electron chi connectivity index (χ4n) is 8.78. The van der Waals surface area contributed by atoms with Crippen LogP contribution in [0, 0.1) is 0 Å². The van der Waals surface area contributed by atoms with Crippen LogP contribution >= 0.6 is 0 Å². The Hall–Kier alpha value is -7.68. The second-order valence-electron chi connectivity index (χ2n) is 14.9. The average Bonchev–Trinajstić information content (AvgIpc) is 3.64. The Labute approximate surface area is 338 Å². The van der Waals surface area contributed by atoms with E-state index in [-0.39, 0.29) is 0 Å². The Morgan fingerprint density at radius 3 is 1.29 bits per heavy atom. The third kappa shape index (κ3) is 5.82. The summed E-state index contributed by atoms with van der Waals surface area (Å²) in [4.78, 5) is 2.36. The topological polar surface area (TPSA) is 8.17 Å². The van der Waals surface area contributed by atoms with Crippen molar-refractivity contribution in [3.8, 4) is 39.1 Å². The monoisotopic (exact) mass is 738 g/mol. The summed E-state index contributed by atoms with van der Waals surface area (Å²) in [6.45, 7) is 0. The molecule has 0 spiro atoms. The molecule has 1 heterocycles. The molecule has 0 aliphatic heterocycles. The molecule has 0 saturated carbocycles. The molecular weight excluding hydrogens is 701 g/mol. The van der Waals surface area contributed by atoms with Crippen molar-refractivity contribution in [3.63, 3.8) is 0 Å². The molecule has 0 saturated heterocycles. The predicted molar refractivity (Wildman–Crippen MR) is 247 cm³/mol. The maximum Gasteiger partial charge on any atom is 0.0541 e. The van der Waals surface area contributed by atoms with Gasteiger partial charge in [0.1, 0.15) is 0 Å². The van der Waals surface area contributed by atoms with Gasteiger partial charge < -0.3 is 9.47 Å². The molecule has 0 aliphatic carbocycles. The molecule has 1 aromatic heterocycles. The van der Waals surface area contributed by atoms with Crippen molar-refractivity contribution in [3.05, 3.63) is 231 Å². The molecule has 0 amide bonds. The van der Waals surface area contributed by atoms with Crippen molar-refractivity contribution < 1.29 is 0 Å². The first-order valence-corrected chi connectivity index (χ1v) is 19.9. The molecule has 0 N–H and O–H groups in total. The second kappa shape index (κ2) is 14.1. The third-order valence-electron chi connectivity index (χ3n) is 11.6. The van der Waals surface area contributed by atoms with Crippen LogP contribution in [0.3, 0.4) is 0 Å². The Morgan fingerprint density at radius 1 is 0.276 bits per heavy atom. The van der Waals surface area contributed by atoms with Gasteiger partial charge in [-0.25, -0.2) is 0 Å². The normalized spacial score (nSPS) is 11.4. The maximum absolute atomic E-state index is 2.37. The Kier molecular flexibility index (Phi) is 8.19. The van der Waals surface area contributed by atoms with Crippen molar-refractivity contribution >= 4 is 60.4 Å². The first-order valence-electron chi connectivity index (χ1n) is 19.9. The highest BCUT2D eigenvalue weighted by atomic mass is 15.1. The molecule has 0 fully saturated rings. The molecule has 11 aromatic rings. The zero-order valence-corrected chi connectivity index (χ0v) is 31.8. The minimum absolute atomic E-state index is 1.09. The van der Waals surface area contributed by atoms with Gasteiger partial charge in [0.15, 0.2) is 0 Å². The van der Waals surface area contributed by atoms with Crippen LogP contribution in [0.2, 0.25) is 0 Å². The van der Waals surface area contributed by atoms with E-state index in [0.717, 1.165) is 22.7 Å². The van der Waals surface area contributed by atoms with Gasteiger partial charge in [0.05, 0.1) is 11.0 Å². The predicted octanol–water partition coefficient (Wildman–Crippen LogP) is 15.6. The lowest BCUT2D eigenvalue weighted by atomic mass is 9.92. The van der Waals surface area contributed by atoms with Gasteiger partial charge in [-0.15, -0.1) is 0 Å².